The number of ketones is 1. The lowest BCUT2D eigenvalue weighted by Crippen LogP contribution is -2.41. The number of hydrogen-bond acceptors (Lipinski definition) is 6. The summed E-state index contributed by atoms with van der Waals surface area (Å²) in [6.45, 7) is 5.37. The van der Waals surface area contributed by atoms with E-state index in [0.717, 1.165) is 27.6 Å². The van der Waals surface area contributed by atoms with Crippen LogP contribution in [0.5, 0.6) is 0 Å². The second-order valence-electron chi connectivity index (χ2n) is 6.78. The summed E-state index contributed by atoms with van der Waals surface area (Å²) >= 11 is 2.88. The van der Waals surface area contributed by atoms with Gasteiger partial charge in [-0.3, -0.25) is 9.59 Å². The molecule has 0 aliphatic carbocycles. The highest BCUT2D eigenvalue weighted by Crippen LogP contribution is 2.26. The molecule has 0 saturated carbocycles. The molecule has 152 valence electrons. The number of para-hydroxylation sites is 2. The number of rotatable bonds is 7. The van der Waals surface area contributed by atoms with E-state index in [1.165, 1.54) is 23.1 Å². The molecule has 0 unspecified atom stereocenters. The molecule has 0 radical (unpaired) electrons. The van der Waals surface area contributed by atoms with Crippen molar-refractivity contribution < 1.29 is 14.3 Å². The van der Waals surface area contributed by atoms with Crippen LogP contribution in [-0.2, 0) is 22.5 Å². The highest BCUT2D eigenvalue weighted by atomic mass is 32.2. The third-order valence-electron chi connectivity index (χ3n) is 4.89. The number of amides is 1. The van der Waals surface area contributed by atoms with Gasteiger partial charge < -0.3 is 14.2 Å². The van der Waals surface area contributed by atoms with Crippen molar-refractivity contribution in [2.24, 2.45) is 0 Å². The standard InChI is InChI=1S/C21H23N3O3S2/c1-2-24-17-6-4-3-5-16(17)22-21(24)28-14-18(25)19-8-7-15(29-19)13-20(26)23-9-11-27-12-10-23/h3-8H,2,9-14H2,1H3. The number of hydrogen-bond donors (Lipinski definition) is 0. The normalized spacial score (nSPS) is 14.4. The van der Waals surface area contributed by atoms with Crippen molar-refractivity contribution in [1.82, 2.24) is 14.5 Å². The number of nitrogens with zero attached hydrogens (tertiary/aromatic N) is 3. The Balaban J connectivity index is 1.38. The van der Waals surface area contributed by atoms with E-state index in [1.54, 1.807) is 0 Å². The van der Waals surface area contributed by atoms with E-state index in [4.69, 9.17) is 4.74 Å². The molecular weight excluding hydrogens is 406 g/mol. The Kier molecular flexibility index (Phi) is 6.32. The monoisotopic (exact) mass is 429 g/mol. The molecule has 1 fully saturated rings. The van der Waals surface area contributed by atoms with E-state index in [0.29, 0.717) is 43.4 Å². The van der Waals surface area contributed by atoms with Crippen molar-refractivity contribution >= 4 is 45.8 Å². The number of carbonyl (C=O) groups is 2. The summed E-state index contributed by atoms with van der Waals surface area (Å²) in [5, 5.41) is 0.862. The zero-order valence-corrected chi connectivity index (χ0v) is 17.9. The lowest BCUT2D eigenvalue weighted by Gasteiger charge is -2.26. The Bertz CT molecular complexity index is 1020. The molecular formula is C21H23N3O3S2. The fraction of sp³-hybridized carbons (Fsp3) is 0.381. The largest absolute Gasteiger partial charge is 0.378 e. The zero-order chi connectivity index (χ0) is 20.2. The second kappa shape index (κ2) is 9.11. The summed E-state index contributed by atoms with van der Waals surface area (Å²) in [7, 11) is 0. The Hall–Kier alpha value is -2.16. The SMILES string of the molecule is CCn1c(SCC(=O)c2ccc(CC(=O)N3CCOCC3)s2)nc2ccccc21. The van der Waals surface area contributed by atoms with Gasteiger partial charge in [0, 0.05) is 24.5 Å². The number of thiophene rings is 1. The molecule has 1 aliphatic heterocycles. The Morgan fingerprint density at radius 2 is 1.97 bits per heavy atom. The van der Waals surface area contributed by atoms with Gasteiger partial charge in [-0.1, -0.05) is 23.9 Å². The van der Waals surface area contributed by atoms with Crippen LogP contribution in [0.3, 0.4) is 0 Å². The molecule has 3 heterocycles. The highest BCUT2D eigenvalue weighted by Gasteiger charge is 2.19. The number of morpholine rings is 1. The van der Waals surface area contributed by atoms with Crippen molar-refractivity contribution in [3.63, 3.8) is 0 Å². The maximum atomic E-state index is 12.7. The van der Waals surface area contributed by atoms with Crippen molar-refractivity contribution in [3.05, 3.63) is 46.2 Å². The van der Waals surface area contributed by atoms with Gasteiger partial charge in [-0.2, -0.15) is 0 Å². The molecule has 1 aliphatic rings. The van der Waals surface area contributed by atoms with Gasteiger partial charge >= 0.3 is 0 Å². The first-order valence-corrected chi connectivity index (χ1v) is 11.5. The molecule has 1 saturated heterocycles. The average Bonchev–Trinajstić information content (AvgIpc) is 3.36. The molecule has 8 heteroatoms. The van der Waals surface area contributed by atoms with Crippen LogP contribution in [0.15, 0.2) is 41.6 Å². The van der Waals surface area contributed by atoms with Crippen LogP contribution < -0.4 is 0 Å². The van der Waals surface area contributed by atoms with Crippen LogP contribution in [0.2, 0.25) is 0 Å². The molecule has 1 aromatic carbocycles. The van der Waals surface area contributed by atoms with Gasteiger partial charge in [-0.05, 0) is 31.2 Å². The van der Waals surface area contributed by atoms with Gasteiger partial charge in [0.2, 0.25) is 5.91 Å². The first-order valence-electron chi connectivity index (χ1n) is 9.71. The van der Waals surface area contributed by atoms with Crippen LogP contribution in [0.4, 0.5) is 0 Å². The van der Waals surface area contributed by atoms with Crippen LogP contribution in [0.25, 0.3) is 11.0 Å². The zero-order valence-electron chi connectivity index (χ0n) is 16.3. The summed E-state index contributed by atoms with van der Waals surface area (Å²) in [6.07, 6.45) is 0.344. The van der Waals surface area contributed by atoms with Crippen molar-refractivity contribution in [3.8, 4) is 0 Å². The second-order valence-corrected chi connectivity index (χ2v) is 8.89. The summed E-state index contributed by atoms with van der Waals surface area (Å²) < 4.78 is 7.42. The number of benzene rings is 1. The van der Waals surface area contributed by atoms with Gasteiger partial charge in [0.15, 0.2) is 10.9 Å². The molecule has 0 bridgehead atoms. The predicted molar refractivity (Wildman–Crippen MR) is 116 cm³/mol. The number of thioether (sulfide) groups is 1. The fourth-order valence-electron chi connectivity index (χ4n) is 3.37. The number of aryl methyl sites for hydroxylation is 1. The van der Waals surface area contributed by atoms with Crippen LogP contribution in [0, 0.1) is 0 Å². The average molecular weight is 430 g/mol. The predicted octanol–water partition coefficient (Wildman–Crippen LogP) is 3.49. The number of aromatic nitrogens is 2. The summed E-state index contributed by atoms with van der Waals surface area (Å²) in [5.41, 5.74) is 2.04. The number of fused-ring (bicyclic) bond motifs is 1. The highest BCUT2D eigenvalue weighted by molar-refractivity contribution is 7.99. The van der Waals surface area contributed by atoms with Gasteiger partial charge in [0.05, 0.1) is 41.3 Å². The molecule has 4 rings (SSSR count). The smallest absolute Gasteiger partial charge is 0.227 e. The molecule has 29 heavy (non-hydrogen) atoms. The molecule has 0 atom stereocenters. The number of imidazole rings is 1. The molecule has 2 aromatic heterocycles. The number of Topliss-reactive ketones (excluding diaryl/α,β-unsaturated/α-hetero) is 1. The van der Waals surface area contributed by atoms with Gasteiger partial charge in [0.1, 0.15) is 0 Å². The Labute approximate surface area is 177 Å². The summed E-state index contributed by atoms with van der Waals surface area (Å²) in [5.74, 6) is 0.501. The van der Waals surface area contributed by atoms with Gasteiger partial charge in [-0.25, -0.2) is 4.98 Å². The third-order valence-corrected chi connectivity index (χ3v) is 7.00. The number of carbonyl (C=O) groups excluding carboxylic acids is 2. The summed E-state index contributed by atoms with van der Waals surface area (Å²) in [6, 6.07) is 11.7. The van der Waals surface area contributed by atoms with E-state index < -0.39 is 0 Å². The lowest BCUT2D eigenvalue weighted by atomic mass is 10.3. The minimum absolute atomic E-state index is 0.0692. The molecule has 0 spiro atoms. The molecule has 3 aromatic rings. The Morgan fingerprint density at radius 3 is 2.76 bits per heavy atom. The van der Waals surface area contributed by atoms with Crippen molar-refractivity contribution in [2.45, 2.75) is 25.0 Å². The third kappa shape index (κ3) is 4.55. The number of ether oxygens (including phenoxy) is 1. The molecule has 6 nitrogen and oxygen atoms in total. The van der Waals surface area contributed by atoms with Crippen LogP contribution >= 0.6 is 23.1 Å². The van der Waals surface area contributed by atoms with Crippen LogP contribution in [-0.4, -0.2) is 58.2 Å². The van der Waals surface area contributed by atoms with E-state index in [2.05, 4.69) is 22.5 Å². The minimum Gasteiger partial charge on any atom is -0.378 e. The van der Waals surface area contributed by atoms with E-state index in [-0.39, 0.29) is 11.7 Å². The van der Waals surface area contributed by atoms with Gasteiger partial charge in [-0.15, -0.1) is 11.3 Å². The first kappa shape index (κ1) is 20.1. The van der Waals surface area contributed by atoms with Crippen LogP contribution in [0.1, 0.15) is 21.5 Å². The van der Waals surface area contributed by atoms with E-state index in [9.17, 15) is 9.59 Å². The lowest BCUT2D eigenvalue weighted by molar-refractivity contribution is -0.134. The van der Waals surface area contributed by atoms with Crippen molar-refractivity contribution in [1.29, 1.82) is 0 Å². The minimum atomic E-state index is 0.0692. The first-order chi connectivity index (χ1) is 14.2. The van der Waals surface area contributed by atoms with Crippen molar-refractivity contribution in [2.75, 3.05) is 32.1 Å². The van der Waals surface area contributed by atoms with E-state index >= 15 is 0 Å². The topological polar surface area (TPSA) is 64.4 Å². The van der Waals surface area contributed by atoms with Gasteiger partial charge in [0.25, 0.3) is 0 Å². The maximum absolute atomic E-state index is 12.7. The summed E-state index contributed by atoms with van der Waals surface area (Å²) in [4.78, 5) is 33.2. The maximum Gasteiger partial charge on any atom is 0.227 e. The fourth-order valence-corrected chi connectivity index (χ4v) is 5.36. The molecule has 0 N–H and O–H groups in total. The quantitative estimate of drug-likeness (QED) is 0.425. The molecule has 1 amide bonds. The Morgan fingerprint density at radius 1 is 1.17 bits per heavy atom. The van der Waals surface area contributed by atoms with E-state index in [1.807, 2.05) is 35.2 Å².